The number of benzene rings is 1. The third-order valence-electron chi connectivity index (χ3n) is 2.78. The molecule has 2 rings (SSSR count). The second-order valence-electron chi connectivity index (χ2n) is 4.50. The third-order valence-corrected chi connectivity index (χ3v) is 3.08. The second kappa shape index (κ2) is 5.83. The number of hydrogen-bond donors (Lipinski definition) is 3. The van der Waals surface area contributed by atoms with Gasteiger partial charge < -0.3 is 16.8 Å². The number of nitrogens with zero attached hydrogens (tertiary/aromatic N) is 2. The molecule has 5 N–H and O–H groups in total. The van der Waals surface area contributed by atoms with Crippen LogP contribution < -0.4 is 16.8 Å². The topological polar surface area (TPSA) is 99.0 Å². The Morgan fingerprint density at radius 2 is 2.25 bits per heavy atom. The highest BCUT2D eigenvalue weighted by Crippen LogP contribution is 2.28. The van der Waals surface area contributed by atoms with Crippen molar-refractivity contribution in [1.29, 1.82) is 0 Å². The number of primary amides is 1. The molecule has 0 saturated heterocycles. The number of amides is 1. The number of aryl methyl sites for hydroxylation is 1. The molecule has 1 heterocycles. The predicted molar refractivity (Wildman–Crippen MR) is 79.8 cm³/mol. The lowest BCUT2D eigenvalue weighted by Crippen LogP contribution is -2.17. The summed E-state index contributed by atoms with van der Waals surface area (Å²) >= 11 is 6.09. The lowest BCUT2D eigenvalue weighted by molar-refractivity contribution is 0.100. The van der Waals surface area contributed by atoms with Crippen LogP contribution in [-0.4, -0.2) is 22.2 Å². The van der Waals surface area contributed by atoms with Crippen LogP contribution in [0.2, 0.25) is 5.02 Å². The Kier molecular flexibility index (Phi) is 4.14. The average molecular weight is 294 g/mol. The normalized spacial score (nSPS) is 10.5. The first kappa shape index (κ1) is 14.2. The van der Waals surface area contributed by atoms with Crippen molar-refractivity contribution in [3.8, 4) is 0 Å². The number of aromatic nitrogens is 2. The lowest BCUT2D eigenvalue weighted by atomic mass is 10.1. The SMILES string of the molecule is Cc1cnn(CCNc2c(Cl)cc(N)cc2C(N)=O)c1. The van der Waals surface area contributed by atoms with Gasteiger partial charge in [0, 0.05) is 18.4 Å². The van der Waals surface area contributed by atoms with E-state index < -0.39 is 5.91 Å². The molecule has 0 fully saturated rings. The summed E-state index contributed by atoms with van der Waals surface area (Å²) in [5.41, 5.74) is 13.3. The molecule has 0 saturated carbocycles. The highest BCUT2D eigenvalue weighted by Gasteiger charge is 2.13. The molecule has 0 aliphatic heterocycles. The monoisotopic (exact) mass is 293 g/mol. The Hall–Kier alpha value is -2.21. The average Bonchev–Trinajstić information content (AvgIpc) is 2.77. The highest BCUT2D eigenvalue weighted by molar-refractivity contribution is 6.34. The lowest BCUT2D eigenvalue weighted by Gasteiger charge is -2.13. The number of rotatable bonds is 5. The van der Waals surface area contributed by atoms with Crippen LogP contribution in [0.25, 0.3) is 0 Å². The van der Waals surface area contributed by atoms with Crippen LogP contribution in [0.1, 0.15) is 15.9 Å². The quantitative estimate of drug-likeness (QED) is 0.730. The van der Waals surface area contributed by atoms with Crippen molar-refractivity contribution < 1.29 is 4.79 Å². The van der Waals surface area contributed by atoms with E-state index in [0.29, 0.717) is 29.5 Å². The first-order valence-corrected chi connectivity index (χ1v) is 6.47. The minimum atomic E-state index is -0.573. The van der Waals surface area contributed by atoms with Gasteiger partial charge in [-0.2, -0.15) is 5.10 Å². The number of carbonyl (C=O) groups excluding carboxylic acids is 1. The molecule has 0 atom stereocenters. The van der Waals surface area contributed by atoms with Crippen LogP contribution in [0, 0.1) is 6.92 Å². The molecule has 0 radical (unpaired) electrons. The molecule has 7 heteroatoms. The van der Waals surface area contributed by atoms with Crippen molar-refractivity contribution in [2.75, 3.05) is 17.6 Å². The number of halogens is 1. The van der Waals surface area contributed by atoms with Gasteiger partial charge in [0.15, 0.2) is 0 Å². The van der Waals surface area contributed by atoms with E-state index in [4.69, 9.17) is 23.1 Å². The Labute approximate surface area is 121 Å². The molecule has 0 bridgehead atoms. The summed E-state index contributed by atoms with van der Waals surface area (Å²) in [5, 5.41) is 7.64. The number of nitrogens with one attached hydrogen (secondary N) is 1. The summed E-state index contributed by atoms with van der Waals surface area (Å²) in [7, 11) is 0. The summed E-state index contributed by atoms with van der Waals surface area (Å²) < 4.78 is 1.80. The largest absolute Gasteiger partial charge is 0.399 e. The number of carbonyl (C=O) groups is 1. The van der Waals surface area contributed by atoms with E-state index in [1.54, 1.807) is 16.9 Å². The fourth-order valence-corrected chi connectivity index (χ4v) is 2.18. The smallest absolute Gasteiger partial charge is 0.250 e. The molecular formula is C13H16ClN5O. The molecule has 1 aromatic heterocycles. The number of hydrogen-bond acceptors (Lipinski definition) is 4. The maximum atomic E-state index is 11.4. The molecule has 0 aliphatic carbocycles. The van der Waals surface area contributed by atoms with Gasteiger partial charge in [0.05, 0.1) is 29.0 Å². The molecule has 20 heavy (non-hydrogen) atoms. The Balaban J connectivity index is 2.10. The highest BCUT2D eigenvalue weighted by atomic mass is 35.5. The van der Waals surface area contributed by atoms with Crippen LogP contribution in [0.15, 0.2) is 24.5 Å². The van der Waals surface area contributed by atoms with Gasteiger partial charge in [-0.3, -0.25) is 9.48 Å². The summed E-state index contributed by atoms with van der Waals surface area (Å²) in [6.07, 6.45) is 3.71. The van der Waals surface area contributed by atoms with Crippen molar-refractivity contribution >= 4 is 28.9 Å². The van der Waals surface area contributed by atoms with Gasteiger partial charge in [-0.15, -0.1) is 0 Å². The fraction of sp³-hybridized carbons (Fsp3) is 0.231. The van der Waals surface area contributed by atoms with Crippen LogP contribution in [0.5, 0.6) is 0 Å². The van der Waals surface area contributed by atoms with Crippen molar-refractivity contribution in [2.45, 2.75) is 13.5 Å². The summed E-state index contributed by atoms with van der Waals surface area (Å²) in [4.78, 5) is 11.4. The molecule has 1 amide bonds. The van der Waals surface area contributed by atoms with Crippen LogP contribution in [0.3, 0.4) is 0 Å². The van der Waals surface area contributed by atoms with Crippen molar-refractivity contribution in [1.82, 2.24) is 9.78 Å². The Morgan fingerprint density at radius 1 is 1.50 bits per heavy atom. The third kappa shape index (κ3) is 3.21. The van der Waals surface area contributed by atoms with Gasteiger partial charge in [-0.25, -0.2) is 0 Å². The molecule has 0 unspecified atom stereocenters. The second-order valence-corrected chi connectivity index (χ2v) is 4.90. The number of anilines is 2. The van der Waals surface area contributed by atoms with Gasteiger partial charge in [-0.05, 0) is 24.6 Å². The van der Waals surface area contributed by atoms with E-state index in [2.05, 4.69) is 10.4 Å². The predicted octanol–water partition coefficient (Wildman–Crippen LogP) is 1.64. The summed E-state index contributed by atoms with van der Waals surface area (Å²) in [6.45, 7) is 3.18. The van der Waals surface area contributed by atoms with E-state index in [-0.39, 0.29) is 5.56 Å². The zero-order valence-electron chi connectivity index (χ0n) is 11.1. The zero-order valence-corrected chi connectivity index (χ0v) is 11.8. The molecule has 106 valence electrons. The molecule has 6 nitrogen and oxygen atoms in total. The fourth-order valence-electron chi connectivity index (χ4n) is 1.89. The van der Waals surface area contributed by atoms with E-state index >= 15 is 0 Å². The van der Waals surface area contributed by atoms with Crippen molar-refractivity contribution in [3.63, 3.8) is 0 Å². The summed E-state index contributed by atoms with van der Waals surface area (Å²) in [6, 6.07) is 3.09. The van der Waals surface area contributed by atoms with Gasteiger partial charge in [0.2, 0.25) is 0 Å². The van der Waals surface area contributed by atoms with Gasteiger partial charge >= 0.3 is 0 Å². The molecular weight excluding hydrogens is 278 g/mol. The first-order valence-electron chi connectivity index (χ1n) is 6.09. The van der Waals surface area contributed by atoms with Crippen LogP contribution >= 0.6 is 11.6 Å². The van der Waals surface area contributed by atoms with E-state index in [0.717, 1.165) is 5.56 Å². The summed E-state index contributed by atoms with van der Waals surface area (Å²) in [5.74, 6) is -0.573. The molecule has 2 aromatic rings. The van der Waals surface area contributed by atoms with Crippen LogP contribution in [-0.2, 0) is 6.54 Å². The first-order chi connectivity index (χ1) is 9.47. The van der Waals surface area contributed by atoms with Gasteiger partial charge in [0.25, 0.3) is 5.91 Å². The van der Waals surface area contributed by atoms with Crippen LogP contribution in [0.4, 0.5) is 11.4 Å². The molecule has 1 aromatic carbocycles. The zero-order chi connectivity index (χ0) is 14.7. The maximum Gasteiger partial charge on any atom is 0.250 e. The van der Waals surface area contributed by atoms with Gasteiger partial charge in [0.1, 0.15) is 0 Å². The van der Waals surface area contributed by atoms with Crippen molar-refractivity contribution in [2.24, 2.45) is 5.73 Å². The Bertz CT molecular complexity index is 638. The van der Waals surface area contributed by atoms with E-state index in [1.165, 1.54) is 6.07 Å². The standard InChI is InChI=1S/C13H16ClN5O/c1-8-6-18-19(7-8)3-2-17-12-10(13(16)20)4-9(15)5-11(12)14/h4-7,17H,2-3,15H2,1H3,(H2,16,20). The maximum absolute atomic E-state index is 11.4. The Morgan fingerprint density at radius 3 is 2.85 bits per heavy atom. The number of nitrogen functional groups attached to an aromatic ring is 1. The van der Waals surface area contributed by atoms with E-state index in [1.807, 2.05) is 13.1 Å². The van der Waals surface area contributed by atoms with E-state index in [9.17, 15) is 4.79 Å². The molecule has 0 spiro atoms. The van der Waals surface area contributed by atoms with Crippen molar-refractivity contribution in [3.05, 3.63) is 40.7 Å². The molecule has 0 aliphatic rings. The van der Waals surface area contributed by atoms with Gasteiger partial charge in [-0.1, -0.05) is 11.6 Å². The minimum absolute atomic E-state index is 0.284. The minimum Gasteiger partial charge on any atom is -0.399 e. The number of nitrogens with two attached hydrogens (primary N) is 2.